The van der Waals surface area contributed by atoms with Crippen LogP contribution in [0.1, 0.15) is 42.9 Å². The van der Waals surface area contributed by atoms with E-state index in [0.29, 0.717) is 6.54 Å². The lowest BCUT2D eigenvalue weighted by Crippen LogP contribution is -2.36. The minimum absolute atomic E-state index is 0.170. The van der Waals surface area contributed by atoms with Crippen LogP contribution in [0, 0.1) is 6.92 Å². The van der Waals surface area contributed by atoms with E-state index in [2.05, 4.69) is 20.5 Å². The van der Waals surface area contributed by atoms with Gasteiger partial charge in [0.15, 0.2) is 0 Å². The summed E-state index contributed by atoms with van der Waals surface area (Å²) in [7, 11) is 0. The molecule has 2 N–H and O–H groups in total. The number of urea groups is 1. The van der Waals surface area contributed by atoms with E-state index in [1.807, 2.05) is 38.1 Å². The van der Waals surface area contributed by atoms with Gasteiger partial charge in [0, 0.05) is 25.8 Å². The minimum Gasteiger partial charge on any atom is -0.464 e. The van der Waals surface area contributed by atoms with E-state index in [0.717, 1.165) is 36.0 Å². The van der Waals surface area contributed by atoms with Crippen LogP contribution in [0.5, 0.6) is 0 Å². The van der Waals surface area contributed by atoms with Crippen molar-refractivity contribution >= 4 is 11.8 Å². The second-order valence-corrected chi connectivity index (χ2v) is 6.21. The Kier molecular flexibility index (Phi) is 5.03. The molecule has 24 heavy (non-hydrogen) atoms. The number of nitrogens with zero attached hydrogens (tertiary/aromatic N) is 2. The zero-order valence-electron chi connectivity index (χ0n) is 14.2. The van der Waals surface area contributed by atoms with Crippen molar-refractivity contribution in [2.45, 2.75) is 39.3 Å². The van der Waals surface area contributed by atoms with Gasteiger partial charge in [-0.25, -0.2) is 9.78 Å². The van der Waals surface area contributed by atoms with Gasteiger partial charge >= 0.3 is 6.03 Å². The fraction of sp³-hybridized carbons (Fsp3) is 0.444. The van der Waals surface area contributed by atoms with Gasteiger partial charge in [-0.05, 0) is 56.5 Å². The van der Waals surface area contributed by atoms with Crippen LogP contribution in [0.4, 0.5) is 10.6 Å². The van der Waals surface area contributed by atoms with Crippen molar-refractivity contribution in [3.05, 3.63) is 47.5 Å². The van der Waals surface area contributed by atoms with Crippen molar-refractivity contribution in [1.82, 2.24) is 15.6 Å². The fourth-order valence-corrected chi connectivity index (χ4v) is 2.88. The number of nitrogens with one attached hydrogen (secondary N) is 2. The predicted molar refractivity (Wildman–Crippen MR) is 92.9 cm³/mol. The Morgan fingerprint density at radius 2 is 2.12 bits per heavy atom. The molecule has 0 spiro atoms. The van der Waals surface area contributed by atoms with Crippen LogP contribution in [0.15, 0.2) is 34.9 Å². The van der Waals surface area contributed by atoms with Crippen LogP contribution >= 0.6 is 0 Å². The first kappa shape index (κ1) is 16.4. The summed E-state index contributed by atoms with van der Waals surface area (Å²) in [6.45, 7) is 6.38. The number of hydrogen-bond donors (Lipinski definition) is 2. The molecule has 0 radical (unpaired) electrons. The summed E-state index contributed by atoms with van der Waals surface area (Å²) in [4.78, 5) is 18.8. The third-order valence-electron chi connectivity index (χ3n) is 4.23. The Bertz CT molecular complexity index is 692. The van der Waals surface area contributed by atoms with Crippen LogP contribution in [-0.2, 0) is 6.54 Å². The van der Waals surface area contributed by atoms with Crippen molar-refractivity contribution in [2.24, 2.45) is 0 Å². The van der Waals surface area contributed by atoms with Gasteiger partial charge in [-0.3, -0.25) is 0 Å². The highest BCUT2D eigenvalue weighted by Gasteiger charge is 2.15. The summed E-state index contributed by atoms with van der Waals surface area (Å²) in [5.74, 6) is 2.58. The molecule has 1 aliphatic rings. The smallest absolute Gasteiger partial charge is 0.315 e. The SMILES string of the molecule is Cc1ccc(C(C)NC(=O)NCc2ccnc(N3CCCC3)c2)o1. The molecular weight excluding hydrogens is 304 g/mol. The number of carbonyl (C=O) groups excluding carboxylic acids is 1. The molecule has 6 nitrogen and oxygen atoms in total. The molecule has 1 unspecified atom stereocenters. The summed E-state index contributed by atoms with van der Waals surface area (Å²) >= 11 is 0. The van der Waals surface area contributed by atoms with Gasteiger partial charge in [-0.1, -0.05) is 0 Å². The molecule has 6 heteroatoms. The van der Waals surface area contributed by atoms with Crippen molar-refractivity contribution in [1.29, 1.82) is 0 Å². The maximum absolute atomic E-state index is 12.1. The largest absolute Gasteiger partial charge is 0.464 e. The average Bonchev–Trinajstić information content (AvgIpc) is 3.25. The minimum atomic E-state index is -0.212. The van der Waals surface area contributed by atoms with E-state index < -0.39 is 0 Å². The predicted octanol–water partition coefficient (Wildman–Crippen LogP) is 3.14. The third kappa shape index (κ3) is 4.07. The Balaban J connectivity index is 1.51. The Morgan fingerprint density at radius 3 is 2.83 bits per heavy atom. The van der Waals surface area contributed by atoms with Crippen molar-refractivity contribution in [2.75, 3.05) is 18.0 Å². The van der Waals surface area contributed by atoms with Crippen LogP contribution < -0.4 is 15.5 Å². The highest BCUT2D eigenvalue weighted by Crippen LogP contribution is 2.18. The molecule has 3 rings (SSSR count). The van der Waals surface area contributed by atoms with Crippen LogP contribution in [0.2, 0.25) is 0 Å². The van der Waals surface area contributed by atoms with Gasteiger partial charge in [0.05, 0.1) is 6.04 Å². The maximum atomic E-state index is 12.1. The number of amides is 2. The molecule has 0 aromatic carbocycles. The summed E-state index contributed by atoms with van der Waals surface area (Å²) in [5, 5.41) is 5.77. The van der Waals surface area contributed by atoms with Crippen LogP contribution in [-0.4, -0.2) is 24.1 Å². The number of pyridine rings is 1. The molecule has 1 fully saturated rings. The number of rotatable bonds is 5. The van der Waals surface area contributed by atoms with E-state index in [-0.39, 0.29) is 12.1 Å². The molecule has 3 heterocycles. The number of aryl methyl sites for hydroxylation is 1. The summed E-state index contributed by atoms with van der Waals surface area (Å²) in [6, 6.07) is 7.37. The molecule has 2 amide bonds. The molecule has 1 atom stereocenters. The molecule has 128 valence electrons. The zero-order chi connectivity index (χ0) is 16.9. The first-order valence-electron chi connectivity index (χ1n) is 8.42. The first-order chi connectivity index (χ1) is 11.6. The van der Waals surface area contributed by atoms with Gasteiger partial charge in [0.25, 0.3) is 0 Å². The number of aromatic nitrogens is 1. The lowest BCUT2D eigenvalue weighted by atomic mass is 10.2. The van der Waals surface area contributed by atoms with E-state index in [9.17, 15) is 4.79 Å². The van der Waals surface area contributed by atoms with Crippen molar-refractivity contribution < 1.29 is 9.21 Å². The molecule has 0 bridgehead atoms. The van der Waals surface area contributed by atoms with Gasteiger partial charge < -0.3 is 20.0 Å². The third-order valence-corrected chi connectivity index (χ3v) is 4.23. The summed E-state index contributed by atoms with van der Waals surface area (Å²) in [5.41, 5.74) is 1.04. The highest BCUT2D eigenvalue weighted by molar-refractivity contribution is 5.74. The van der Waals surface area contributed by atoms with Crippen molar-refractivity contribution in [3.63, 3.8) is 0 Å². The molecule has 2 aromatic heterocycles. The zero-order valence-corrected chi connectivity index (χ0v) is 14.2. The Labute approximate surface area is 142 Å². The van der Waals surface area contributed by atoms with E-state index in [4.69, 9.17) is 4.42 Å². The molecule has 0 saturated carbocycles. The second-order valence-electron chi connectivity index (χ2n) is 6.21. The van der Waals surface area contributed by atoms with Crippen LogP contribution in [0.25, 0.3) is 0 Å². The van der Waals surface area contributed by atoms with Crippen molar-refractivity contribution in [3.8, 4) is 0 Å². The van der Waals surface area contributed by atoms with E-state index in [1.54, 1.807) is 6.20 Å². The maximum Gasteiger partial charge on any atom is 0.315 e. The monoisotopic (exact) mass is 328 g/mol. The van der Waals surface area contributed by atoms with Gasteiger partial charge in [-0.2, -0.15) is 0 Å². The number of anilines is 1. The second kappa shape index (κ2) is 7.38. The topological polar surface area (TPSA) is 70.4 Å². The average molecular weight is 328 g/mol. The number of furan rings is 1. The quantitative estimate of drug-likeness (QED) is 0.884. The number of carbonyl (C=O) groups is 1. The molecule has 1 saturated heterocycles. The van der Waals surface area contributed by atoms with E-state index in [1.165, 1.54) is 12.8 Å². The normalized spacial score (nSPS) is 15.3. The van der Waals surface area contributed by atoms with E-state index >= 15 is 0 Å². The van der Waals surface area contributed by atoms with Crippen LogP contribution in [0.3, 0.4) is 0 Å². The molecule has 2 aromatic rings. The molecule has 0 aliphatic carbocycles. The first-order valence-corrected chi connectivity index (χ1v) is 8.42. The highest BCUT2D eigenvalue weighted by atomic mass is 16.3. The summed E-state index contributed by atoms with van der Waals surface area (Å²) in [6.07, 6.45) is 4.24. The lowest BCUT2D eigenvalue weighted by molar-refractivity contribution is 0.235. The summed E-state index contributed by atoms with van der Waals surface area (Å²) < 4.78 is 5.53. The molecule has 1 aliphatic heterocycles. The number of hydrogen-bond acceptors (Lipinski definition) is 4. The fourth-order valence-electron chi connectivity index (χ4n) is 2.88. The van der Waals surface area contributed by atoms with Gasteiger partial charge in [0.2, 0.25) is 0 Å². The standard InChI is InChI=1S/C18H24N4O2/c1-13-5-6-16(24-13)14(2)21-18(23)20-12-15-7-8-19-17(11-15)22-9-3-4-10-22/h5-8,11,14H,3-4,9-10,12H2,1-2H3,(H2,20,21,23). The van der Waals surface area contributed by atoms with Gasteiger partial charge in [0.1, 0.15) is 17.3 Å². The Hall–Kier alpha value is -2.50. The Morgan fingerprint density at radius 1 is 1.33 bits per heavy atom. The molecular formula is C18H24N4O2. The lowest BCUT2D eigenvalue weighted by Gasteiger charge is -2.17. The van der Waals surface area contributed by atoms with Gasteiger partial charge in [-0.15, -0.1) is 0 Å².